The van der Waals surface area contributed by atoms with Crippen LogP contribution in [0.4, 0.5) is 0 Å². The highest BCUT2D eigenvalue weighted by molar-refractivity contribution is 5.94. The number of amides is 4. The average Bonchev–Trinajstić information content (AvgIpc) is 3.31. The zero-order chi connectivity index (χ0) is 29.8. The Morgan fingerprint density at radius 1 is 0.950 bits per heavy atom. The van der Waals surface area contributed by atoms with Crippen molar-refractivity contribution in [2.75, 3.05) is 6.54 Å². The summed E-state index contributed by atoms with van der Waals surface area (Å²) in [5.74, 6) is -4.32. The van der Waals surface area contributed by atoms with Gasteiger partial charge in [0.1, 0.15) is 18.1 Å². The third kappa shape index (κ3) is 9.63. The highest BCUT2D eigenvalue weighted by Gasteiger charge is 2.32. The van der Waals surface area contributed by atoms with E-state index in [9.17, 15) is 34.2 Å². The van der Waals surface area contributed by atoms with Gasteiger partial charge in [-0.05, 0) is 50.8 Å². The molecule has 0 fully saturated rings. The molecule has 0 aliphatic carbocycles. The number of carboxylic acid groups (broad SMARTS) is 1. The summed E-state index contributed by atoms with van der Waals surface area (Å²) in [6.07, 6.45) is 1.21. The molecule has 5 atom stereocenters. The molecule has 1 aromatic heterocycles. The van der Waals surface area contributed by atoms with Gasteiger partial charge in [-0.25, -0.2) is 4.79 Å². The summed E-state index contributed by atoms with van der Waals surface area (Å²) in [6.45, 7) is 1.61. The Morgan fingerprint density at radius 3 is 2.25 bits per heavy atom. The summed E-state index contributed by atoms with van der Waals surface area (Å²) in [5, 5.41) is 28.1. The third-order valence-electron chi connectivity index (χ3n) is 6.39. The van der Waals surface area contributed by atoms with E-state index in [0.717, 1.165) is 10.9 Å². The van der Waals surface area contributed by atoms with Crippen LogP contribution in [0.2, 0.25) is 0 Å². The molecule has 12 N–H and O–H groups in total. The van der Waals surface area contributed by atoms with Crippen LogP contribution in [0.25, 0.3) is 10.9 Å². The normalized spacial score (nSPS) is 14.9. The molecule has 4 amide bonds. The molecular formula is C26H39N7O7. The molecular weight excluding hydrogens is 522 g/mol. The smallest absolute Gasteiger partial charge is 0.326 e. The molecule has 5 unspecified atom stereocenters. The Kier molecular flexibility index (Phi) is 12.5. The van der Waals surface area contributed by atoms with Crippen LogP contribution in [-0.4, -0.2) is 81.6 Å². The van der Waals surface area contributed by atoms with Crippen molar-refractivity contribution in [1.82, 2.24) is 20.9 Å². The van der Waals surface area contributed by atoms with Crippen LogP contribution in [0, 0.1) is 0 Å². The van der Waals surface area contributed by atoms with Crippen molar-refractivity contribution < 1.29 is 34.2 Å². The lowest BCUT2D eigenvalue weighted by atomic mass is 10.0. The molecule has 14 heteroatoms. The van der Waals surface area contributed by atoms with Crippen molar-refractivity contribution in [2.45, 2.75) is 75.7 Å². The molecule has 0 aliphatic heterocycles. The molecule has 0 saturated heterocycles. The van der Waals surface area contributed by atoms with Crippen LogP contribution in [0.15, 0.2) is 30.5 Å². The van der Waals surface area contributed by atoms with Crippen molar-refractivity contribution in [2.24, 2.45) is 17.2 Å². The van der Waals surface area contributed by atoms with Crippen molar-refractivity contribution in [3.05, 3.63) is 36.0 Å². The van der Waals surface area contributed by atoms with Crippen molar-refractivity contribution in [3.63, 3.8) is 0 Å². The van der Waals surface area contributed by atoms with E-state index in [1.54, 1.807) is 6.20 Å². The predicted octanol–water partition coefficient (Wildman–Crippen LogP) is -1.65. The summed E-state index contributed by atoms with van der Waals surface area (Å²) >= 11 is 0. The number of fused-ring (bicyclic) bond motifs is 1. The summed E-state index contributed by atoms with van der Waals surface area (Å²) in [6, 6.07) is 2.23. The van der Waals surface area contributed by atoms with Gasteiger partial charge in [-0.1, -0.05) is 18.2 Å². The molecule has 0 spiro atoms. The van der Waals surface area contributed by atoms with E-state index in [2.05, 4.69) is 20.9 Å². The van der Waals surface area contributed by atoms with E-state index in [4.69, 9.17) is 17.2 Å². The van der Waals surface area contributed by atoms with E-state index < -0.39 is 59.9 Å². The van der Waals surface area contributed by atoms with Gasteiger partial charge in [-0.3, -0.25) is 19.2 Å². The Morgan fingerprint density at radius 2 is 1.62 bits per heavy atom. The van der Waals surface area contributed by atoms with E-state index in [0.29, 0.717) is 24.9 Å². The molecule has 0 bridgehead atoms. The van der Waals surface area contributed by atoms with Crippen LogP contribution in [0.5, 0.6) is 0 Å². The number of benzene rings is 1. The number of nitrogens with two attached hydrogens (primary N) is 3. The molecule has 14 nitrogen and oxygen atoms in total. The van der Waals surface area contributed by atoms with Crippen LogP contribution in [0.1, 0.15) is 44.6 Å². The number of aromatic amines is 1. The van der Waals surface area contributed by atoms with Crippen molar-refractivity contribution >= 4 is 40.5 Å². The number of primary amides is 1. The highest BCUT2D eigenvalue weighted by atomic mass is 16.4. The fourth-order valence-corrected chi connectivity index (χ4v) is 4.11. The zero-order valence-electron chi connectivity index (χ0n) is 22.4. The topological polar surface area (TPSA) is 256 Å². The lowest BCUT2D eigenvalue weighted by Gasteiger charge is -2.26. The van der Waals surface area contributed by atoms with E-state index in [1.807, 2.05) is 24.3 Å². The zero-order valence-corrected chi connectivity index (χ0v) is 22.4. The minimum absolute atomic E-state index is 0.00982. The van der Waals surface area contributed by atoms with E-state index >= 15 is 0 Å². The number of rotatable bonds is 17. The standard InChI is InChI=1S/C26H39N7O7/c1-14(34)22(33-23(36)17(28)9-10-21(29)35)25(38)31-19(8-4-5-11-27)24(37)32-20(26(39)40)12-15-13-30-18-7-3-2-6-16(15)18/h2-3,6-7,13-14,17,19-20,22,30,34H,4-5,8-12,27-28H2,1H3,(H2,29,35)(H,31,38)(H,32,37)(H,33,36)(H,39,40). The molecule has 0 aliphatic rings. The van der Waals surface area contributed by atoms with Gasteiger partial charge in [0.25, 0.3) is 0 Å². The maximum atomic E-state index is 13.2. The average molecular weight is 562 g/mol. The first-order valence-electron chi connectivity index (χ1n) is 13.1. The summed E-state index contributed by atoms with van der Waals surface area (Å²) in [5.41, 5.74) is 17.9. The monoisotopic (exact) mass is 561 g/mol. The van der Waals surface area contributed by atoms with Gasteiger partial charge in [0, 0.05) is 29.9 Å². The minimum atomic E-state index is -1.47. The van der Waals surface area contributed by atoms with Gasteiger partial charge in [-0.2, -0.15) is 0 Å². The van der Waals surface area contributed by atoms with Crippen LogP contribution in [-0.2, 0) is 30.4 Å². The molecule has 2 aromatic rings. The minimum Gasteiger partial charge on any atom is -0.480 e. The Labute approximate surface area is 231 Å². The fraction of sp³-hybridized carbons (Fsp3) is 0.500. The summed E-state index contributed by atoms with van der Waals surface area (Å²) < 4.78 is 0. The number of carboxylic acids is 1. The van der Waals surface area contributed by atoms with Crippen LogP contribution in [0.3, 0.4) is 0 Å². The first-order valence-corrected chi connectivity index (χ1v) is 13.1. The number of para-hydroxylation sites is 1. The lowest BCUT2D eigenvalue weighted by molar-refractivity contribution is -0.142. The number of nitrogens with one attached hydrogen (secondary N) is 4. The second-order valence-electron chi connectivity index (χ2n) is 9.65. The van der Waals surface area contributed by atoms with E-state index in [1.165, 1.54) is 6.92 Å². The summed E-state index contributed by atoms with van der Waals surface area (Å²) in [7, 11) is 0. The van der Waals surface area contributed by atoms with Gasteiger partial charge in [0.15, 0.2) is 0 Å². The van der Waals surface area contributed by atoms with Crippen molar-refractivity contribution in [1.29, 1.82) is 0 Å². The molecule has 0 radical (unpaired) electrons. The maximum absolute atomic E-state index is 13.2. The largest absolute Gasteiger partial charge is 0.480 e. The quantitative estimate of drug-likeness (QED) is 0.100. The highest BCUT2D eigenvalue weighted by Crippen LogP contribution is 2.19. The first-order chi connectivity index (χ1) is 18.9. The number of H-pyrrole nitrogens is 1. The van der Waals surface area contributed by atoms with Crippen LogP contribution >= 0.6 is 0 Å². The number of carbonyl (C=O) groups is 5. The lowest BCUT2D eigenvalue weighted by Crippen LogP contribution is -2.59. The third-order valence-corrected chi connectivity index (χ3v) is 6.39. The SMILES string of the molecule is CC(O)C(NC(=O)C(N)CCC(N)=O)C(=O)NC(CCCCN)C(=O)NC(Cc1c[nH]c2ccccc12)C(=O)O. The molecule has 2 rings (SSSR count). The first kappa shape index (κ1) is 32.2. The van der Waals surface area contributed by atoms with E-state index in [-0.39, 0.29) is 25.7 Å². The molecule has 1 aromatic carbocycles. The van der Waals surface area contributed by atoms with Gasteiger partial charge in [0.2, 0.25) is 23.6 Å². The number of unbranched alkanes of at least 4 members (excludes halogenated alkanes) is 1. The molecule has 40 heavy (non-hydrogen) atoms. The second-order valence-corrected chi connectivity index (χ2v) is 9.65. The van der Waals surface area contributed by atoms with Gasteiger partial charge >= 0.3 is 5.97 Å². The molecule has 220 valence electrons. The maximum Gasteiger partial charge on any atom is 0.326 e. The number of hydrogen-bond acceptors (Lipinski definition) is 8. The number of aliphatic hydroxyl groups is 1. The number of aliphatic hydroxyl groups excluding tert-OH is 1. The molecule has 1 heterocycles. The Balaban J connectivity index is 2.15. The Hall–Kier alpha value is -4.01. The predicted molar refractivity (Wildman–Crippen MR) is 146 cm³/mol. The fourth-order valence-electron chi connectivity index (χ4n) is 4.11. The number of carbonyl (C=O) groups excluding carboxylic acids is 4. The number of aromatic nitrogens is 1. The van der Waals surface area contributed by atoms with Gasteiger partial charge < -0.3 is 48.3 Å². The van der Waals surface area contributed by atoms with Gasteiger partial charge in [0.05, 0.1) is 12.1 Å². The summed E-state index contributed by atoms with van der Waals surface area (Å²) in [4.78, 5) is 64.8. The number of aliphatic carboxylic acids is 1. The molecule has 0 saturated carbocycles. The Bertz CT molecular complexity index is 1180. The second kappa shape index (κ2) is 15.5. The van der Waals surface area contributed by atoms with Gasteiger partial charge in [-0.15, -0.1) is 0 Å². The number of hydrogen-bond donors (Lipinski definition) is 9. The van der Waals surface area contributed by atoms with Crippen molar-refractivity contribution in [3.8, 4) is 0 Å². The van der Waals surface area contributed by atoms with Crippen LogP contribution < -0.4 is 33.2 Å².